The fourth-order valence-electron chi connectivity index (χ4n) is 1.27. The molecule has 15 heavy (non-hydrogen) atoms. The highest BCUT2D eigenvalue weighted by atomic mass is 79.9. The predicted molar refractivity (Wildman–Crippen MR) is 71.9 cm³/mol. The smallest absolute Gasteiger partial charge is 0.0449 e. The molecule has 0 aromatic heterocycles. The molecule has 82 valence electrons. The Labute approximate surface area is 109 Å². The highest BCUT2D eigenvalue weighted by Gasteiger charge is 2.20. The summed E-state index contributed by atoms with van der Waals surface area (Å²) in [4.78, 5) is 0. The maximum atomic E-state index is 6.14. The fourth-order valence-corrected chi connectivity index (χ4v) is 2.22. The maximum absolute atomic E-state index is 6.14. The lowest BCUT2D eigenvalue weighted by Gasteiger charge is -2.23. The van der Waals surface area contributed by atoms with Gasteiger partial charge in [-0.1, -0.05) is 46.6 Å². The van der Waals surface area contributed by atoms with Gasteiger partial charge in [0.2, 0.25) is 0 Å². The van der Waals surface area contributed by atoms with E-state index < -0.39 is 0 Å². The van der Waals surface area contributed by atoms with E-state index in [1.165, 1.54) is 0 Å². The minimum atomic E-state index is -0.0982. The number of halogens is 3. The summed E-state index contributed by atoms with van der Waals surface area (Å²) in [5, 5.41) is 0.766. The highest BCUT2D eigenvalue weighted by Crippen LogP contribution is 2.30. The SMILES string of the molecule is C=CC(C)(CCl)Cc1ccc(Br)cc1Cl. The van der Waals surface area contributed by atoms with E-state index in [2.05, 4.69) is 29.4 Å². The molecule has 0 heterocycles. The molecule has 0 nitrogen and oxygen atoms in total. The van der Waals surface area contributed by atoms with E-state index in [4.69, 9.17) is 23.2 Å². The van der Waals surface area contributed by atoms with Gasteiger partial charge in [0.05, 0.1) is 0 Å². The zero-order valence-electron chi connectivity index (χ0n) is 8.56. The van der Waals surface area contributed by atoms with Crippen molar-refractivity contribution in [2.24, 2.45) is 5.41 Å². The van der Waals surface area contributed by atoms with Crippen LogP contribution in [-0.4, -0.2) is 5.88 Å². The van der Waals surface area contributed by atoms with Crippen LogP contribution in [0, 0.1) is 5.41 Å². The van der Waals surface area contributed by atoms with Crippen molar-refractivity contribution in [3.05, 3.63) is 45.9 Å². The van der Waals surface area contributed by atoms with Gasteiger partial charge in [-0.15, -0.1) is 18.2 Å². The number of alkyl halides is 1. The second-order valence-electron chi connectivity index (χ2n) is 3.90. The second kappa shape index (κ2) is 5.38. The quantitative estimate of drug-likeness (QED) is 0.538. The van der Waals surface area contributed by atoms with Crippen LogP contribution in [0.15, 0.2) is 35.3 Å². The largest absolute Gasteiger partial charge is 0.126 e. The van der Waals surface area contributed by atoms with Crippen molar-refractivity contribution in [3.63, 3.8) is 0 Å². The average molecular weight is 308 g/mol. The van der Waals surface area contributed by atoms with Crippen molar-refractivity contribution in [2.75, 3.05) is 5.88 Å². The topological polar surface area (TPSA) is 0 Å². The molecular weight excluding hydrogens is 295 g/mol. The van der Waals surface area contributed by atoms with Gasteiger partial charge in [-0.25, -0.2) is 0 Å². The first-order valence-electron chi connectivity index (χ1n) is 4.64. The van der Waals surface area contributed by atoms with Crippen LogP contribution in [0.1, 0.15) is 12.5 Å². The Balaban J connectivity index is 2.94. The van der Waals surface area contributed by atoms with Crippen LogP contribution in [0.2, 0.25) is 5.02 Å². The molecule has 0 N–H and O–H groups in total. The molecule has 0 aliphatic rings. The monoisotopic (exact) mass is 306 g/mol. The minimum Gasteiger partial charge on any atom is -0.126 e. The molecule has 3 heteroatoms. The molecule has 1 unspecified atom stereocenters. The Bertz CT molecular complexity index is 363. The molecule has 0 amide bonds. The molecule has 1 aromatic rings. The summed E-state index contributed by atoms with van der Waals surface area (Å²) < 4.78 is 0.988. The van der Waals surface area contributed by atoms with Crippen LogP contribution in [0.5, 0.6) is 0 Å². The van der Waals surface area contributed by atoms with Gasteiger partial charge in [0, 0.05) is 20.8 Å². The molecule has 0 saturated heterocycles. The number of allylic oxidation sites excluding steroid dienone is 1. The summed E-state index contributed by atoms with van der Waals surface area (Å²) in [5.74, 6) is 0.545. The Kier molecular flexibility index (Phi) is 4.69. The van der Waals surface area contributed by atoms with E-state index in [-0.39, 0.29) is 5.41 Å². The van der Waals surface area contributed by atoms with E-state index in [1.54, 1.807) is 0 Å². The summed E-state index contributed by atoms with van der Waals surface area (Å²) in [7, 11) is 0. The van der Waals surface area contributed by atoms with Gasteiger partial charge in [-0.2, -0.15) is 0 Å². The van der Waals surface area contributed by atoms with Gasteiger partial charge < -0.3 is 0 Å². The first-order valence-corrected chi connectivity index (χ1v) is 6.35. The Morgan fingerprint density at radius 3 is 2.67 bits per heavy atom. The lowest BCUT2D eigenvalue weighted by molar-refractivity contribution is 0.486. The van der Waals surface area contributed by atoms with E-state index in [0.29, 0.717) is 5.88 Å². The molecule has 0 fully saturated rings. The van der Waals surface area contributed by atoms with Crippen LogP contribution < -0.4 is 0 Å². The fraction of sp³-hybridized carbons (Fsp3) is 0.333. The third-order valence-electron chi connectivity index (χ3n) is 2.41. The van der Waals surface area contributed by atoms with Crippen LogP contribution in [0.4, 0.5) is 0 Å². The normalized spacial score (nSPS) is 14.7. The summed E-state index contributed by atoms with van der Waals surface area (Å²) in [6.45, 7) is 5.88. The van der Waals surface area contributed by atoms with Crippen molar-refractivity contribution in [2.45, 2.75) is 13.3 Å². The van der Waals surface area contributed by atoms with Crippen LogP contribution in [0.25, 0.3) is 0 Å². The Morgan fingerprint density at radius 2 is 2.20 bits per heavy atom. The highest BCUT2D eigenvalue weighted by molar-refractivity contribution is 9.10. The summed E-state index contributed by atoms with van der Waals surface area (Å²) in [6, 6.07) is 5.90. The second-order valence-corrected chi connectivity index (χ2v) is 5.49. The van der Waals surface area contributed by atoms with Crippen molar-refractivity contribution in [3.8, 4) is 0 Å². The summed E-state index contributed by atoms with van der Waals surface area (Å²) >= 11 is 15.4. The molecule has 0 saturated carbocycles. The number of hydrogen-bond acceptors (Lipinski definition) is 0. The summed E-state index contributed by atoms with van der Waals surface area (Å²) in [6.07, 6.45) is 2.70. The molecule has 0 aliphatic heterocycles. The van der Waals surface area contributed by atoms with Crippen molar-refractivity contribution >= 4 is 39.1 Å². The van der Waals surface area contributed by atoms with Gasteiger partial charge in [0.15, 0.2) is 0 Å². The Morgan fingerprint density at radius 1 is 1.53 bits per heavy atom. The van der Waals surface area contributed by atoms with Crippen molar-refractivity contribution in [1.82, 2.24) is 0 Å². The maximum Gasteiger partial charge on any atom is 0.0449 e. The number of rotatable bonds is 4. The molecule has 1 atom stereocenters. The first-order chi connectivity index (χ1) is 7.00. The van der Waals surface area contributed by atoms with Crippen molar-refractivity contribution < 1.29 is 0 Å². The van der Waals surface area contributed by atoms with Crippen molar-refractivity contribution in [1.29, 1.82) is 0 Å². The molecule has 0 spiro atoms. The summed E-state index contributed by atoms with van der Waals surface area (Å²) in [5.41, 5.74) is 1.00. The molecule has 0 aliphatic carbocycles. The van der Waals surface area contributed by atoms with Crippen LogP contribution in [0.3, 0.4) is 0 Å². The van der Waals surface area contributed by atoms with Gasteiger partial charge in [0.1, 0.15) is 0 Å². The molecule has 1 rings (SSSR count). The van der Waals surface area contributed by atoms with E-state index in [1.807, 2.05) is 24.3 Å². The minimum absolute atomic E-state index is 0.0982. The van der Waals surface area contributed by atoms with E-state index >= 15 is 0 Å². The van der Waals surface area contributed by atoms with Gasteiger partial charge in [-0.3, -0.25) is 0 Å². The predicted octanol–water partition coefficient (Wildman–Crippen LogP) is 5.08. The third-order valence-corrected chi connectivity index (χ3v) is 3.86. The first kappa shape index (κ1) is 13.1. The zero-order chi connectivity index (χ0) is 11.5. The lowest BCUT2D eigenvalue weighted by atomic mass is 9.86. The van der Waals surface area contributed by atoms with E-state index in [9.17, 15) is 0 Å². The molecule has 0 bridgehead atoms. The lowest BCUT2D eigenvalue weighted by Crippen LogP contribution is -2.18. The third kappa shape index (κ3) is 3.51. The van der Waals surface area contributed by atoms with Gasteiger partial charge >= 0.3 is 0 Å². The zero-order valence-corrected chi connectivity index (χ0v) is 11.7. The van der Waals surface area contributed by atoms with Crippen LogP contribution in [-0.2, 0) is 6.42 Å². The van der Waals surface area contributed by atoms with Gasteiger partial charge in [-0.05, 0) is 24.1 Å². The molecule has 1 aromatic carbocycles. The standard InChI is InChI=1S/C12H13BrCl2/c1-3-12(2,8-14)7-9-4-5-10(13)6-11(9)15/h3-6H,1,7-8H2,2H3. The van der Waals surface area contributed by atoms with E-state index in [0.717, 1.165) is 21.5 Å². The average Bonchev–Trinajstić information content (AvgIpc) is 2.22. The van der Waals surface area contributed by atoms with Crippen LogP contribution >= 0.6 is 39.1 Å². The molecule has 0 radical (unpaired) electrons. The molecular formula is C12H13BrCl2. The van der Waals surface area contributed by atoms with Gasteiger partial charge in [0.25, 0.3) is 0 Å². The number of hydrogen-bond donors (Lipinski definition) is 0. The Hall–Kier alpha value is 0.0200. The number of benzene rings is 1.